The fourth-order valence-corrected chi connectivity index (χ4v) is 2.37. The van der Waals surface area contributed by atoms with Crippen LogP contribution in [0.2, 0.25) is 0 Å². The molecule has 2 aromatic carbocycles. The summed E-state index contributed by atoms with van der Waals surface area (Å²) < 4.78 is 11.5. The van der Waals surface area contributed by atoms with Crippen LogP contribution in [0.4, 0.5) is 0 Å². The van der Waals surface area contributed by atoms with Gasteiger partial charge in [0.25, 0.3) is 0 Å². The minimum atomic E-state index is 0.654. The maximum atomic E-state index is 5.76. The maximum absolute atomic E-state index is 5.76. The predicted octanol–water partition coefficient (Wildman–Crippen LogP) is 3.65. The van der Waals surface area contributed by atoms with Gasteiger partial charge in [0.1, 0.15) is 11.5 Å². The van der Waals surface area contributed by atoms with E-state index in [-0.39, 0.29) is 0 Å². The lowest BCUT2D eigenvalue weighted by molar-refractivity contribution is 0.247. The molecule has 2 N–H and O–H groups in total. The third-order valence-corrected chi connectivity index (χ3v) is 3.38. The number of benzene rings is 2. The Bertz CT molecular complexity index is 558. The first-order chi connectivity index (χ1) is 10.7. The highest BCUT2D eigenvalue weighted by atomic mass is 16.5. The molecule has 0 amide bonds. The number of hydrogen-bond acceptors (Lipinski definition) is 3. The SMILES string of the molecule is Cc1cc(C)cc(OCCCOc2ccc(CCN)cc2)c1. The highest BCUT2D eigenvalue weighted by Gasteiger charge is 1.98. The van der Waals surface area contributed by atoms with E-state index >= 15 is 0 Å². The molecule has 0 aromatic heterocycles. The lowest BCUT2D eigenvalue weighted by Crippen LogP contribution is -2.05. The van der Waals surface area contributed by atoms with Gasteiger partial charge in [-0.05, 0) is 67.8 Å². The normalized spacial score (nSPS) is 10.5. The molecule has 0 heterocycles. The summed E-state index contributed by atoms with van der Waals surface area (Å²) in [6.45, 7) is 6.15. The minimum absolute atomic E-state index is 0.654. The van der Waals surface area contributed by atoms with E-state index in [1.807, 2.05) is 12.1 Å². The Balaban J connectivity index is 1.68. The van der Waals surface area contributed by atoms with Crippen molar-refractivity contribution in [2.24, 2.45) is 5.73 Å². The van der Waals surface area contributed by atoms with Crippen LogP contribution >= 0.6 is 0 Å². The topological polar surface area (TPSA) is 44.5 Å². The van der Waals surface area contributed by atoms with Crippen molar-refractivity contribution < 1.29 is 9.47 Å². The first kappa shape index (κ1) is 16.4. The number of aryl methyl sites for hydroxylation is 2. The molecular formula is C19H25NO2. The number of rotatable bonds is 8. The van der Waals surface area contributed by atoms with E-state index < -0.39 is 0 Å². The zero-order valence-electron chi connectivity index (χ0n) is 13.5. The largest absolute Gasteiger partial charge is 0.493 e. The van der Waals surface area contributed by atoms with Gasteiger partial charge in [0.15, 0.2) is 0 Å². The monoisotopic (exact) mass is 299 g/mol. The molecule has 0 unspecified atom stereocenters. The Morgan fingerprint density at radius 3 is 2.00 bits per heavy atom. The fourth-order valence-electron chi connectivity index (χ4n) is 2.37. The van der Waals surface area contributed by atoms with Gasteiger partial charge in [0.05, 0.1) is 13.2 Å². The second-order valence-electron chi connectivity index (χ2n) is 5.56. The van der Waals surface area contributed by atoms with Crippen molar-refractivity contribution >= 4 is 0 Å². The molecule has 3 nitrogen and oxygen atoms in total. The molecule has 0 atom stereocenters. The van der Waals surface area contributed by atoms with E-state index in [2.05, 4.69) is 44.2 Å². The summed E-state index contributed by atoms with van der Waals surface area (Å²) in [6.07, 6.45) is 1.77. The summed E-state index contributed by atoms with van der Waals surface area (Å²) in [5, 5.41) is 0. The molecule has 0 spiro atoms. The molecule has 3 heteroatoms. The molecule has 0 saturated heterocycles. The molecule has 0 aliphatic heterocycles. The van der Waals surface area contributed by atoms with Gasteiger partial charge in [-0.25, -0.2) is 0 Å². The van der Waals surface area contributed by atoms with E-state index in [1.165, 1.54) is 16.7 Å². The summed E-state index contributed by atoms with van der Waals surface area (Å²) in [5.74, 6) is 1.83. The van der Waals surface area contributed by atoms with Gasteiger partial charge in [0.2, 0.25) is 0 Å². The summed E-state index contributed by atoms with van der Waals surface area (Å²) in [5.41, 5.74) is 9.23. The molecule has 0 bridgehead atoms. The number of ether oxygens (including phenoxy) is 2. The third kappa shape index (κ3) is 5.41. The van der Waals surface area contributed by atoms with Crippen LogP contribution in [0.3, 0.4) is 0 Å². The van der Waals surface area contributed by atoms with Crippen LogP contribution in [0.1, 0.15) is 23.1 Å². The van der Waals surface area contributed by atoms with Gasteiger partial charge in [-0.2, -0.15) is 0 Å². The molecule has 0 saturated carbocycles. The van der Waals surface area contributed by atoms with Gasteiger partial charge in [-0.3, -0.25) is 0 Å². The second-order valence-corrected chi connectivity index (χ2v) is 5.56. The smallest absolute Gasteiger partial charge is 0.119 e. The summed E-state index contributed by atoms with van der Waals surface area (Å²) in [7, 11) is 0. The second kappa shape index (κ2) is 8.44. The van der Waals surface area contributed by atoms with Crippen molar-refractivity contribution in [3.05, 3.63) is 59.2 Å². The Morgan fingerprint density at radius 1 is 0.818 bits per heavy atom. The van der Waals surface area contributed by atoms with Crippen molar-refractivity contribution in [3.8, 4) is 11.5 Å². The van der Waals surface area contributed by atoms with Gasteiger partial charge in [0, 0.05) is 6.42 Å². The molecular weight excluding hydrogens is 274 g/mol. The quantitative estimate of drug-likeness (QED) is 0.757. The van der Waals surface area contributed by atoms with E-state index in [0.29, 0.717) is 19.8 Å². The van der Waals surface area contributed by atoms with Gasteiger partial charge >= 0.3 is 0 Å². The Hall–Kier alpha value is -2.00. The fraction of sp³-hybridized carbons (Fsp3) is 0.368. The summed E-state index contributed by atoms with van der Waals surface area (Å²) in [4.78, 5) is 0. The lowest BCUT2D eigenvalue weighted by Gasteiger charge is -2.09. The zero-order chi connectivity index (χ0) is 15.8. The van der Waals surface area contributed by atoms with Crippen molar-refractivity contribution in [2.45, 2.75) is 26.7 Å². The van der Waals surface area contributed by atoms with Gasteiger partial charge in [-0.15, -0.1) is 0 Å². The van der Waals surface area contributed by atoms with Crippen molar-refractivity contribution in [2.75, 3.05) is 19.8 Å². The van der Waals surface area contributed by atoms with Crippen LogP contribution in [0.5, 0.6) is 11.5 Å². The van der Waals surface area contributed by atoms with E-state index in [1.54, 1.807) is 0 Å². The highest BCUT2D eigenvalue weighted by Crippen LogP contribution is 2.16. The Kier molecular flexibility index (Phi) is 6.28. The van der Waals surface area contributed by atoms with E-state index in [0.717, 1.165) is 24.3 Å². The average molecular weight is 299 g/mol. The first-order valence-corrected chi connectivity index (χ1v) is 7.80. The number of hydrogen-bond donors (Lipinski definition) is 1. The molecule has 0 radical (unpaired) electrons. The van der Waals surface area contributed by atoms with Crippen molar-refractivity contribution in [3.63, 3.8) is 0 Å². The molecule has 0 aliphatic rings. The molecule has 2 rings (SSSR count). The van der Waals surface area contributed by atoms with Crippen LogP contribution in [-0.4, -0.2) is 19.8 Å². The van der Waals surface area contributed by atoms with Crippen LogP contribution in [0.25, 0.3) is 0 Å². The first-order valence-electron chi connectivity index (χ1n) is 7.80. The zero-order valence-corrected chi connectivity index (χ0v) is 13.5. The van der Waals surface area contributed by atoms with Crippen LogP contribution in [-0.2, 0) is 6.42 Å². The summed E-state index contributed by atoms with van der Waals surface area (Å²) >= 11 is 0. The highest BCUT2D eigenvalue weighted by molar-refractivity contribution is 5.33. The Morgan fingerprint density at radius 2 is 1.41 bits per heavy atom. The van der Waals surface area contributed by atoms with Crippen molar-refractivity contribution in [1.82, 2.24) is 0 Å². The van der Waals surface area contributed by atoms with Crippen LogP contribution in [0.15, 0.2) is 42.5 Å². The van der Waals surface area contributed by atoms with Gasteiger partial charge < -0.3 is 15.2 Å². The molecule has 22 heavy (non-hydrogen) atoms. The maximum Gasteiger partial charge on any atom is 0.119 e. The number of nitrogens with two attached hydrogens (primary N) is 1. The molecule has 2 aromatic rings. The molecule has 118 valence electrons. The van der Waals surface area contributed by atoms with E-state index in [4.69, 9.17) is 15.2 Å². The van der Waals surface area contributed by atoms with Crippen LogP contribution < -0.4 is 15.2 Å². The van der Waals surface area contributed by atoms with Crippen molar-refractivity contribution in [1.29, 1.82) is 0 Å². The predicted molar refractivity (Wildman–Crippen MR) is 90.7 cm³/mol. The van der Waals surface area contributed by atoms with Crippen LogP contribution in [0, 0.1) is 13.8 Å². The van der Waals surface area contributed by atoms with Gasteiger partial charge in [-0.1, -0.05) is 18.2 Å². The third-order valence-electron chi connectivity index (χ3n) is 3.38. The standard InChI is InChI=1S/C19H25NO2/c1-15-12-16(2)14-19(13-15)22-11-3-10-21-18-6-4-17(5-7-18)8-9-20/h4-7,12-14H,3,8-11,20H2,1-2H3. The Labute approximate surface area is 133 Å². The summed E-state index contributed by atoms with van der Waals surface area (Å²) in [6, 6.07) is 14.4. The lowest BCUT2D eigenvalue weighted by atomic mass is 10.1. The molecule has 0 fully saturated rings. The van der Waals surface area contributed by atoms with E-state index in [9.17, 15) is 0 Å². The minimum Gasteiger partial charge on any atom is -0.493 e. The molecule has 0 aliphatic carbocycles. The average Bonchev–Trinajstić information content (AvgIpc) is 2.48.